The van der Waals surface area contributed by atoms with Gasteiger partial charge < -0.3 is 4.98 Å². The van der Waals surface area contributed by atoms with Crippen LogP contribution in [0.2, 0.25) is 0 Å². The summed E-state index contributed by atoms with van der Waals surface area (Å²) in [5.74, 6) is 0. The Morgan fingerprint density at radius 1 is 1.50 bits per heavy atom. The highest BCUT2D eigenvalue weighted by Crippen LogP contribution is 2.17. The molecule has 20 heavy (non-hydrogen) atoms. The Balaban J connectivity index is 1.88. The van der Waals surface area contributed by atoms with Gasteiger partial charge in [-0.1, -0.05) is 6.92 Å². The number of alkyl halides is 1. The fourth-order valence-electron chi connectivity index (χ4n) is 2.70. The fraction of sp³-hybridized carbons (Fsp3) is 0.467. The molecule has 106 valence electrons. The molecule has 4 nitrogen and oxygen atoms in total. The zero-order valence-corrected chi connectivity index (χ0v) is 11.5. The minimum atomic E-state index is -0.713. The summed E-state index contributed by atoms with van der Waals surface area (Å²) in [5, 5.41) is 0. The molecule has 5 heteroatoms. The maximum atomic E-state index is 13.2. The molecule has 1 N–H and O–H groups in total. The number of pyridine rings is 2. The lowest BCUT2D eigenvalue weighted by molar-refractivity contribution is 0.282. The third kappa shape index (κ3) is 2.58. The second-order valence-electron chi connectivity index (χ2n) is 5.37. The van der Waals surface area contributed by atoms with Crippen LogP contribution in [0.25, 0.3) is 11.0 Å². The number of halogens is 1. The fourth-order valence-corrected chi connectivity index (χ4v) is 2.70. The van der Waals surface area contributed by atoms with Gasteiger partial charge >= 0.3 is 0 Å². The average molecular weight is 275 g/mol. The van der Waals surface area contributed by atoms with Crippen LogP contribution in [0.15, 0.2) is 23.1 Å². The Hall–Kier alpha value is -1.75. The van der Waals surface area contributed by atoms with Gasteiger partial charge in [-0.15, -0.1) is 0 Å². The van der Waals surface area contributed by atoms with E-state index in [1.807, 2.05) is 25.3 Å². The molecule has 2 aromatic heterocycles. The number of aromatic amines is 1. The maximum Gasteiger partial charge on any atom is 0.251 e. The van der Waals surface area contributed by atoms with Crippen molar-refractivity contribution < 1.29 is 4.39 Å². The van der Waals surface area contributed by atoms with Gasteiger partial charge in [-0.05, 0) is 30.5 Å². The third-order valence-electron chi connectivity index (χ3n) is 3.83. The van der Waals surface area contributed by atoms with E-state index in [4.69, 9.17) is 0 Å². The van der Waals surface area contributed by atoms with Crippen LogP contribution in [0, 0.1) is 0 Å². The third-order valence-corrected chi connectivity index (χ3v) is 3.83. The molecule has 0 radical (unpaired) electrons. The zero-order valence-electron chi connectivity index (χ0n) is 11.5. The molecule has 0 aromatic carbocycles. The summed E-state index contributed by atoms with van der Waals surface area (Å²) in [5.41, 5.74) is 3.25. The van der Waals surface area contributed by atoms with Crippen molar-refractivity contribution in [2.24, 2.45) is 0 Å². The van der Waals surface area contributed by atoms with Crippen molar-refractivity contribution in [1.82, 2.24) is 14.9 Å². The van der Waals surface area contributed by atoms with Crippen LogP contribution in [0.1, 0.15) is 24.5 Å². The van der Waals surface area contributed by atoms with Gasteiger partial charge in [0.05, 0.1) is 11.0 Å². The lowest BCUT2D eigenvalue weighted by Crippen LogP contribution is -2.20. The van der Waals surface area contributed by atoms with Crippen LogP contribution in [0.3, 0.4) is 0 Å². The number of nitrogens with one attached hydrogen (secondary N) is 1. The van der Waals surface area contributed by atoms with Gasteiger partial charge in [0.25, 0.3) is 5.56 Å². The molecule has 1 atom stereocenters. The summed E-state index contributed by atoms with van der Waals surface area (Å²) in [6, 6.07) is 3.78. The largest absolute Gasteiger partial charge is 0.320 e. The number of nitrogens with zero attached hydrogens (tertiary/aromatic N) is 2. The second-order valence-corrected chi connectivity index (χ2v) is 5.37. The summed E-state index contributed by atoms with van der Waals surface area (Å²) in [6.45, 7) is 3.90. The minimum absolute atomic E-state index is 0.0519. The molecule has 0 aliphatic carbocycles. The second kappa shape index (κ2) is 5.32. The predicted octanol–water partition coefficient (Wildman–Crippen LogP) is 2.03. The van der Waals surface area contributed by atoms with Crippen molar-refractivity contribution in [3.05, 3.63) is 39.8 Å². The molecule has 1 aliphatic rings. The molecular formula is C15H18FN3O. The molecule has 0 bridgehead atoms. The lowest BCUT2D eigenvalue weighted by atomic mass is 10.1. The molecule has 3 rings (SSSR count). The Kier molecular flexibility index (Phi) is 3.53. The standard InChI is InChI=1S/C15H18FN3O/c1-2-11-6-13-14(18-15(11)20)5-10(7-17-13)8-19-4-3-12(16)9-19/h5-7,12H,2-4,8-9H2,1H3,(H,18,20)/t12-/m1/s1. The van der Waals surface area contributed by atoms with Crippen molar-refractivity contribution in [1.29, 1.82) is 0 Å². The van der Waals surface area contributed by atoms with Crippen molar-refractivity contribution in [3.8, 4) is 0 Å². The van der Waals surface area contributed by atoms with Crippen molar-refractivity contribution in [3.63, 3.8) is 0 Å². The first kappa shape index (κ1) is 13.2. The highest BCUT2D eigenvalue weighted by Gasteiger charge is 2.21. The van der Waals surface area contributed by atoms with E-state index >= 15 is 0 Å². The maximum absolute atomic E-state index is 13.2. The number of H-pyrrole nitrogens is 1. The van der Waals surface area contributed by atoms with Gasteiger partial charge in [-0.3, -0.25) is 14.7 Å². The summed E-state index contributed by atoms with van der Waals surface area (Å²) >= 11 is 0. The van der Waals surface area contributed by atoms with Gasteiger partial charge in [-0.25, -0.2) is 4.39 Å². The molecule has 0 amide bonds. The summed E-state index contributed by atoms with van der Waals surface area (Å²) < 4.78 is 13.2. The van der Waals surface area contributed by atoms with E-state index in [9.17, 15) is 9.18 Å². The highest BCUT2D eigenvalue weighted by molar-refractivity contribution is 5.74. The highest BCUT2D eigenvalue weighted by atomic mass is 19.1. The van der Waals surface area contributed by atoms with Gasteiger partial charge in [0.1, 0.15) is 6.17 Å². The average Bonchev–Trinajstić information content (AvgIpc) is 2.83. The van der Waals surface area contributed by atoms with E-state index in [0.717, 1.165) is 28.7 Å². The monoisotopic (exact) mass is 275 g/mol. The van der Waals surface area contributed by atoms with Crippen LogP contribution in [0.5, 0.6) is 0 Å². The van der Waals surface area contributed by atoms with Crippen LogP contribution < -0.4 is 5.56 Å². The SMILES string of the molecule is CCc1cc2ncc(CN3CC[C@@H](F)C3)cc2[nH]c1=O. The first-order valence-corrected chi connectivity index (χ1v) is 7.03. The Bertz CT molecular complexity index is 682. The topological polar surface area (TPSA) is 49.0 Å². The molecule has 1 fully saturated rings. The van der Waals surface area contributed by atoms with E-state index in [1.165, 1.54) is 0 Å². The zero-order chi connectivity index (χ0) is 14.1. The van der Waals surface area contributed by atoms with Crippen LogP contribution >= 0.6 is 0 Å². The lowest BCUT2D eigenvalue weighted by Gasteiger charge is -2.14. The van der Waals surface area contributed by atoms with Crippen LogP contribution in [-0.2, 0) is 13.0 Å². The Morgan fingerprint density at radius 2 is 2.35 bits per heavy atom. The molecular weight excluding hydrogens is 257 g/mol. The van der Waals surface area contributed by atoms with Crippen LogP contribution in [0.4, 0.5) is 4.39 Å². The Morgan fingerprint density at radius 3 is 3.05 bits per heavy atom. The predicted molar refractivity (Wildman–Crippen MR) is 76.5 cm³/mol. The first-order chi connectivity index (χ1) is 9.65. The number of aryl methyl sites for hydroxylation is 1. The van der Waals surface area contributed by atoms with Crippen molar-refractivity contribution in [2.75, 3.05) is 13.1 Å². The molecule has 0 saturated carbocycles. The van der Waals surface area contributed by atoms with Gasteiger partial charge in [0.2, 0.25) is 0 Å². The van der Waals surface area contributed by atoms with Crippen molar-refractivity contribution >= 4 is 11.0 Å². The quantitative estimate of drug-likeness (QED) is 0.932. The van der Waals surface area contributed by atoms with E-state index < -0.39 is 6.17 Å². The van der Waals surface area contributed by atoms with Gasteiger partial charge in [0.15, 0.2) is 0 Å². The van der Waals surface area contributed by atoms with E-state index in [1.54, 1.807) is 0 Å². The molecule has 1 saturated heterocycles. The van der Waals surface area contributed by atoms with Gasteiger partial charge in [0, 0.05) is 31.4 Å². The van der Waals surface area contributed by atoms with E-state index in [2.05, 4.69) is 14.9 Å². The number of hydrogen-bond donors (Lipinski definition) is 1. The number of likely N-dealkylation sites (tertiary alicyclic amines) is 1. The molecule has 1 aliphatic heterocycles. The number of aromatic nitrogens is 2. The Labute approximate surface area is 116 Å². The minimum Gasteiger partial charge on any atom is -0.320 e. The van der Waals surface area contributed by atoms with Crippen molar-refractivity contribution in [2.45, 2.75) is 32.5 Å². The number of fused-ring (bicyclic) bond motifs is 1. The molecule has 2 aromatic rings. The smallest absolute Gasteiger partial charge is 0.251 e. The summed E-state index contributed by atoms with van der Waals surface area (Å²) in [4.78, 5) is 21.2. The summed E-state index contributed by atoms with van der Waals surface area (Å²) in [6.07, 6.45) is 2.40. The number of rotatable bonds is 3. The van der Waals surface area contributed by atoms with E-state index in [-0.39, 0.29) is 5.56 Å². The molecule has 0 unspecified atom stereocenters. The normalized spacial score (nSPS) is 19.8. The number of hydrogen-bond acceptors (Lipinski definition) is 3. The summed E-state index contributed by atoms with van der Waals surface area (Å²) in [7, 11) is 0. The molecule has 0 spiro atoms. The van der Waals surface area contributed by atoms with Gasteiger partial charge in [-0.2, -0.15) is 0 Å². The molecule has 3 heterocycles. The van der Waals surface area contributed by atoms with E-state index in [0.29, 0.717) is 25.9 Å². The first-order valence-electron chi connectivity index (χ1n) is 7.03. The van der Waals surface area contributed by atoms with Crippen LogP contribution in [-0.4, -0.2) is 34.1 Å².